The molecule has 162 valence electrons. The van der Waals surface area contributed by atoms with Gasteiger partial charge in [-0.1, -0.05) is 43.7 Å². The summed E-state index contributed by atoms with van der Waals surface area (Å²) < 4.78 is 42.0. The monoisotopic (exact) mass is 455 g/mol. The second-order valence-corrected chi connectivity index (χ2v) is 9.40. The minimum Gasteiger partial charge on any atom is -0.482 e. The lowest BCUT2D eigenvalue weighted by Crippen LogP contribution is -2.32. The fourth-order valence-corrected chi connectivity index (χ4v) is 3.27. The summed E-state index contributed by atoms with van der Waals surface area (Å²) in [5.41, 5.74) is 0.500. The van der Waals surface area contributed by atoms with Crippen molar-refractivity contribution in [1.29, 1.82) is 0 Å². The van der Waals surface area contributed by atoms with Crippen molar-refractivity contribution in [1.82, 2.24) is 15.3 Å². The molecule has 0 aliphatic carbocycles. The molecule has 0 bridgehead atoms. The van der Waals surface area contributed by atoms with E-state index in [1.54, 1.807) is 19.1 Å². The Balaban J connectivity index is 2.11. The molecule has 0 saturated heterocycles. The van der Waals surface area contributed by atoms with Crippen LogP contribution in [0.1, 0.15) is 43.1 Å². The molecule has 1 heterocycles. The number of carbonyl (C=O) groups is 1. The van der Waals surface area contributed by atoms with Crippen molar-refractivity contribution in [2.24, 2.45) is 5.92 Å². The summed E-state index contributed by atoms with van der Waals surface area (Å²) in [6.45, 7) is 5.42. The van der Waals surface area contributed by atoms with Crippen molar-refractivity contribution in [2.75, 3.05) is 6.26 Å². The van der Waals surface area contributed by atoms with Gasteiger partial charge in [-0.15, -0.1) is 0 Å². The summed E-state index contributed by atoms with van der Waals surface area (Å²) in [5.74, 6) is -0.955. The van der Waals surface area contributed by atoms with Crippen LogP contribution < -0.4 is 10.1 Å². The summed E-state index contributed by atoms with van der Waals surface area (Å²) in [6.07, 6.45) is 4.53. The lowest BCUT2D eigenvalue weighted by Gasteiger charge is -2.23. The number of rotatable bonds is 8. The van der Waals surface area contributed by atoms with Crippen molar-refractivity contribution >= 4 is 27.3 Å². The Morgan fingerprint density at radius 1 is 1.23 bits per heavy atom. The van der Waals surface area contributed by atoms with Crippen LogP contribution in [0.25, 0.3) is 0 Å². The Bertz CT molecular complexity index is 1030. The van der Waals surface area contributed by atoms with Crippen molar-refractivity contribution in [3.05, 3.63) is 64.3 Å². The van der Waals surface area contributed by atoms with Gasteiger partial charge in [-0.2, -0.15) is 0 Å². The number of sulfone groups is 1. The van der Waals surface area contributed by atoms with Gasteiger partial charge in [0.2, 0.25) is 5.82 Å². The molecular formula is C20H23ClFN3O4S. The smallest absolute Gasteiger partial charge is 0.289 e. The number of halogens is 2. The summed E-state index contributed by atoms with van der Waals surface area (Å²) in [6, 6.07) is 3.97. The average Bonchev–Trinajstić information content (AvgIpc) is 2.66. The van der Waals surface area contributed by atoms with Gasteiger partial charge < -0.3 is 10.1 Å². The zero-order valence-corrected chi connectivity index (χ0v) is 18.5. The first-order valence-electron chi connectivity index (χ1n) is 9.09. The van der Waals surface area contributed by atoms with Crippen molar-refractivity contribution in [2.45, 2.75) is 32.9 Å². The number of benzene rings is 1. The highest BCUT2D eigenvalue weighted by Crippen LogP contribution is 2.33. The Morgan fingerprint density at radius 2 is 1.87 bits per heavy atom. The average molecular weight is 456 g/mol. The molecule has 0 saturated carbocycles. The number of aromatic nitrogens is 2. The van der Waals surface area contributed by atoms with Gasteiger partial charge in [0.1, 0.15) is 11.9 Å². The van der Waals surface area contributed by atoms with E-state index in [9.17, 15) is 17.6 Å². The first kappa shape index (κ1) is 23.8. The minimum atomic E-state index is -3.29. The predicted octanol–water partition coefficient (Wildman–Crippen LogP) is 3.72. The molecule has 0 fully saturated rings. The topological polar surface area (TPSA) is 98.2 Å². The lowest BCUT2D eigenvalue weighted by molar-refractivity contribution is 0.0935. The van der Waals surface area contributed by atoms with Gasteiger partial charge in [-0.3, -0.25) is 4.79 Å². The van der Waals surface area contributed by atoms with E-state index < -0.39 is 33.7 Å². The zero-order chi connectivity index (χ0) is 22.5. The Morgan fingerprint density at radius 3 is 2.43 bits per heavy atom. The molecule has 7 nitrogen and oxygen atoms in total. The third-order valence-electron chi connectivity index (χ3n) is 3.96. The highest BCUT2D eigenvalue weighted by molar-refractivity contribution is 7.93. The van der Waals surface area contributed by atoms with E-state index in [0.29, 0.717) is 5.56 Å². The molecule has 1 aromatic carbocycles. The van der Waals surface area contributed by atoms with E-state index in [2.05, 4.69) is 15.3 Å². The number of hydrogen-bond acceptors (Lipinski definition) is 6. The van der Waals surface area contributed by atoms with Crippen LogP contribution in [0.5, 0.6) is 5.75 Å². The zero-order valence-electron chi connectivity index (χ0n) is 17.0. The number of nitrogens with one attached hydrogen (secondary N) is 1. The Hall–Kier alpha value is -2.52. The highest BCUT2D eigenvalue weighted by Gasteiger charge is 2.23. The fourth-order valence-electron chi connectivity index (χ4n) is 2.52. The van der Waals surface area contributed by atoms with Gasteiger partial charge in [-0.05, 0) is 18.9 Å². The summed E-state index contributed by atoms with van der Waals surface area (Å²) >= 11 is 6.08. The minimum absolute atomic E-state index is 0.00995. The van der Waals surface area contributed by atoms with Crippen LogP contribution in [0.2, 0.25) is 5.02 Å². The molecule has 1 N–H and O–H groups in total. The highest BCUT2D eigenvalue weighted by atomic mass is 35.5. The van der Waals surface area contributed by atoms with E-state index >= 15 is 0 Å². The van der Waals surface area contributed by atoms with Crippen LogP contribution in [0.4, 0.5) is 4.39 Å². The summed E-state index contributed by atoms with van der Waals surface area (Å²) in [4.78, 5) is 20.2. The van der Waals surface area contributed by atoms with E-state index in [1.807, 2.05) is 13.8 Å². The van der Waals surface area contributed by atoms with E-state index in [-0.39, 0.29) is 22.5 Å². The van der Waals surface area contributed by atoms with Crippen LogP contribution in [-0.4, -0.2) is 36.6 Å². The van der Waals surface area contributed by atoms with Crippen LogP contribution in [0, 0.1) is 11.7 Å². The maximum atomic E-state index is 13.8. The third-order valence-corrected chi connectivity index (χ3v) is 5.01. The van der Waals surface area contributed by atoms with E-state index in [0.717, 1.165) is 11.7 Å². The van der Waals surface area contributed by atoms with Crippen molar-refractivity contribution < 1.29 is 22.3 Å². The van der Waals surface area contributed by atoms with Crippen molar-refractivity contribution in [3.63, 3.8) is 0 Å². The first-order chi connectivity index (χ1) is 14.0. The number of ether oxygens (including phenoxy) is 1. The van der Waals surface area contributed by atoms with Gasteiger partial charge in [0.15, 0.2) is 15.6 Å². The van der Waals surface area contributed by atoms with Gasteiger partial charge in [-0.25, -0.2) is 22.8 Å². The molecule has 0 aliphatic heterocycles. The summed E-state index contributed by atoms with van der Waals surface area (Å²) in [7, 11) is -3.29. The number of amides is 1. The van der Waals surface area contributed by atoms with Crippen LogP contribution >= 0.6 is 11.6 Å². The molecule has 0 radical (unpaired) electrons. The number of nitrogens with zero attached hydrogens (tertiary/aromatic N) is 2. The number of carbonyl (C=O) groups excluding carboxylic acids is 1. The van der Waals surface area contributed by atoms with Crippen LogP contribution in [0.15, 0.2) is 42.1 Å². The molecule has 2 atom stereocenters. The molecule has 0 unspecified atom stereocenters. The lowest BCUT2D eigenvalue weighted by atomic mass is 9.98. The van der Waals surface area contributed by atoms with Gasteiger partial charge in [0.25, 0.3) is 5.91 Å². The standard InChI is InChI=1S/C20H23ClFN3O4S/c1-12(2)18(15-6-5-7-16(22)17(15)21)29-14-10-23-19(24-11-14)20(26)25-13(3)8-9-30(4,27)28/h5-13,18H,1-4H3,(H,25,26)/b9-8+/t13-,18-/m1/s1. The third kappa shape index (κ3) is 6.77. The van der Waals surface area contributed by atoms with Gasteiger partial charge in [0, 0.05) is 23.3 Å². The second-order valence-electron chi connectivity index (χ2n) is 7.09. The number of hydrogen-bond donors (Lipinski definition) is 1. The van der Waals surface area contributed by atoms with Crippen molar-refractivity contribution in [3.8, 4) is 5.75 Å². The van der Waals surface area contributed by atoms with Gasteiger partial charge >= 0.3 is 0 Å². The quantitative estimate of drug-likeness (QED) is 0.651. The SMILES string of the molecule is CC(C)[C@@H](Oc1cnc(C(=O)N[C@H](C)/C=C/S(C)(=O)=O)nc1)c1cccc(F)c1Cl. The molecule has 0 aliphatic rings. The molecule has 0 spiro atoms. The molecule has 30 heavy (non-hydrogen) atoms. The predicted molar refractivity (Wildman–Crippen MR) is 113 cm³/mol. The second kappa shape index (κ2) is 9.99. The Labute approximate surface area is 180 Å². The maximum absolute atomic E-state index is 13.8. The first-order valence-corrected chi connectivity index (χ1v) is 11.4. The van der Waals surface area contributed by atoms with Gasteiger partial charge in [0.05, 0.1) is 17.4 Å². The molecule has 1 aromatic heterocycles. The van der Waals surface area contributed by atoms with E-state index in [1.165, 1.54) is 24.5 Å². The molecule has 10 heteroatoms. The Kier molecular flexibility index (Phi) is 7.91. The normalized spacial score (nSPS) is 14.0. The summed E-state index contributed by atoms with van der Waals surface area (Å²) in [5, 5.41) is 3.57. The molecule has 1 amide bonds. The molecule has 2 aromatic rings. The largest absolute Gasteiger partial charge is 0.482 e. The maximum Gasteiger partial charge on any atom is 0.289 e. The molecule has 2 rings (SSSR count). The van der Waals surface area contributed by atoms with Crippen LogP contribution in [-0.2, 0) is 9.84 Å². The molecular weight excluding hydrogens is 433 g/mol. The fraction of sp³-hybridized carbons (Fsp3) is 0.350. The van der Waals surface area contributed by atoms with E-state index in [4.69, 9.17) is 16.3 Å². The van der Waals surface area contributed by atoms with Crippen LogP contribution in [0.3, 0.4) is 0 Å².